The van der Waals surface area contributed by atoms with Crippen LogP contribution < -0.4 is 14.8 Å². The van der Waals surface area contributed by atoms with Gasteiger partial charge in [0.05, 0.1) is 25.3 Å². The van der Waals surface area contributed by atoms with Gasteiger partial charge in [0.15, 0.2) is 11.5 Å². The number of hydrogen-bond acceptors (Lipinski definition) is 4. The normalized spacial score (nSPS) is 11.0. The van der Waals surface area contributed by atoms with Crippen LogP contribution in [0.1, 0.15) is 12.5 Å². The molecule has 0 aliphatic rings. The summed E-state index contributed by atoms with van der Waals surface area (Å²) >= 11 is 6.18. The number of rotatable bonds is 9. The predicted molar refractivity (Wildman–Crippen MR) is 83.0 cm³/mol. The van der Waals surface area contributed by atoms with Gasteiger partial charge in [-0.3, -0.25) is 0 Å². The van der Waals surface area contributed by atoms with E-state index in [2.05, 4.69) is 5.32 Å². The quantitative estimate of drug-likeness (QED) is 0.712. The van der Waals surface area contributed by atoms with E-state index < -0.39 is 0 Å². The van der Waals surface area contributed by atoms with Gasteiger partial charge in [-0.2, -0.15) is 0 Å². The molecule has 0 saturated heterocycles. The standard InChI is InChI=1S/C15H22ClNO3/c1-4-20-14-11-12(10-13(16)15(14)19-3)6-5-7-17-8-9-18-2/h5-6,10-11,17H,4,7-9H2,1-3H3. The Kier molecular flexibility index (Phi) is 8.11. The first-order valence-corrected chi connectivity index (χ1v) is 6.97. The molecule has 1 aromatic rings. The summed E-state index contributed by atoms with van der Waals surface area (Å²) < 4.78 is 15.7. The number of nitrogens with one attached hydrogen (secondary N) is 1. The molecule has 4 nitrogen and oxygen atoms in total. The first-order chi connectivity index (χ1) is 9.72. The van der Waals surface area contributed by atoms with E-state index in [1.807, 2.05) is 31.2 Å². The zero-order chi connectivity index (χ0) is 14.8. The summed E-state index contributed by atoms with van der Waals surface area (Å²) in [4.78, 5) is 0. The molecule has 0 heterocycles. The molecule has 0 bridgehead atoms. The van der Waals surface area contributed by atoms with E-state index in [1.165, 1.54) is 0 Å². The molecule has 0 radical (unpaired) electrons. The third-order valence-corrected chi connectivity index (χ3v) is 2.87. The third-order valence-electron chi connectivity index (χ3n) is 2.59. The largest absolute Gasteiger partial charge is 0.491 e. The molecule has 0 aliphatic heterocycles. The average Bonchev–Trinajstić information content (AvgIpc) is 2.43. The van der Waals surface area contributed by atoms with Gasteiger partial charge in [-0.05, 0) is 24.6 Å². The van der Waals surface area contributed by atoms with E-state index in [4.69, 9.17) is 25.8 Å². The number of hydrogen-bond donors (Lipinski definition) is 1. The average molecular weight is 300 g/mol. The zero-order valence-electron chi connectivity index (χ0n) is 12.2. The van der Waals surface area contributed by atoms with Crippen LogP contribution in [0.4, 0.5) is 0 Å². The molecule has 20 heavy (non-hydrogen) atoms. The van der Waals surface area contributed by atoms with Gasteiger partial charge in [-0.25, -0.2) is 0 Å². The molecular weight excluding hydrogens is 278 g/mol. The maximum absolute atomic E-state index is 6.18. The van der Waals surface area contributed by atoms with Crippen LogP contribution in [-0.4, -0.2) is 40.5 Å². The van der Waals surface area contributed by atoms with Crippen molar-refractivity contribution < 1.29 is 14.2 Å². The highest BCUT2D eigenvalue weighted by atomic mass is 35.5. The predicted octanol–water partition coefficient (Wildman–Crippen LogP) is 3.00. The summed E-state index contributed by atoms with van der Waals surface area (Å²) in [6, 6.07) is 3.77. The lowest BCUT2D eigenvalue weighted by molar-refractivity contribution is 0.200. The fourth-order valence-electron chi connectivity index (χ4n) is 1.70. The fraction of sp³-hybridized carbons (Fsp3) is 0.467. The minimum atomic E-state index is 0.547. The van der Waals surface area contributed by atoms with Crippen molar-refractivity contribution in [1.82, 2.24) is 5.32 Å². The highest BCUT2D eigenvalue weighted by Crippen LogP contribution is 2.36. The van der Waals surface area contributed by atoms with Crippen molar-refractivity contribution in [3.8, 4) is 11.5 Å². The monoisotopic (exact) mass is 299 g/mol. The Balaban J connectivity index is 2.68. The smallest absolute Gasteiger partial charge is 0.179 e. The molecule has 1 aromatic carbocycles. The Labute approximate surface area is 125 Å². The van der Waals surface area contributed by atoms with Crippen LogP contribution in [0.15, 0.2) is 18.2 Å². The zero-order valence-corrected chi connectivity index (χ0v) is 13.0. The Hall–Kier alpha value is -1.23. The SMILES string of the molecule is CCOc1cc(C=CCNCCOC)cc(Cl)c1OC. The van der Waals surface area contributed by atoms with E-state index in [-0.39, 0.29) is 0 Å². The summed E-state index contributed by atoms with van der Waals surface area (Å²) in [5.74, 6) is 1.23. The third kappa shape index (κ3) is 5.41. The van der Waals surface area contributed by atoms with Crippen LogP contribution >= 0.6 is 11.6 Å². The van der Waals surface area contributed by atoms with Crippen molar-refractivity contribution in [3.63, 3.8) is 0 Å². The summed E-state index contributed by atoms with van der Waals surface area (Å²) in [7, 11) is 3.27. The second-order valence-corrected chi connectivity index (χ2v) is 4.47. The Morgan fingerprint density at radius 3 is 2.75 bits per heavy atom. The number of methoxy groups -OCH3 is 2. The van der Waals surface area contributed by atoms with E-state index in [0.717, 1.165) is 18.7 Å². The van der Waals surface area contributed by atoms with Crippen LogP contribution in [0.5, 0.6) is 11.5 Å². The summed E-state index contributed by atoms with van der Waals surface area (Å²) in [5, 5.41) is 3.78. The molecular formula is C15H22ClNO3. The first kappa shape index (κ1) is 16.8. The van der Waals surface area contributed by atoms with Crippen molar-refractivity contribution in [2.45, 2.75) is 6.92 Å². The van der Waals surface area contributed by atoms with Crippen LogP contribution in [0.2, 0.25) is 5.02 Å². The highest BCUT2D eigenvalue weighted by Gasteiger charge is 2.10. The maximum atomic E-state index is 6.18. The number of benzene rings is 1. The van der Waals surface area contributed by atoms with Crippen molar-refractivity contribution in [2.24, 2.45) is 0 Å². The van der Waals surface area contributed by atoms with Gasteiger partial charge in [-0.15, -0.1) is 0 Å². The van der Waals surface area contributed by atoms with Crippen molar-refractivity contribution in [3.05, 3.63) is 28.8 Å². The fourth-order valence-corrected chi connectivity index (χ4v) is 2.00. The Morgan fingerprint density at radius 1 is 1.30 bits per heavy atom. The van der Waals surface area contributed by atoms with Gasteiger partial charge in [0.25, 0.3) is 0 Å². The van der Waals surface area contributed by atoms with Gasteiger partial charge in [-0.1, -0.05) is 23.8 Å². The lowest BCUT2D eigenvalue weighted by atomic mass is 10.2. The topological polar surface area (TPSA) is 39.7 Å². The molecule has 0 unspecified atom stereocenters. The number of halogens is 1. The minimum absolute atomic E-state index is 0.547. The highest BCUT2D eigenvalue weighted by molar-refractivity contribution is 6.32. The molecule has 0 aromatic heterocycles. The Morgan fingerprint density at radius 2 is 2.10 bits per heavy atom. The Bertz CT molecular complexity index is 435. The van der Waals surface area contributed by atoms with Crippen molar-refractivity contribution in [1.29, 1.82) is 0 Å². The van der Waals surface area contributed by atoms with Gasteiger partial charge < -0.3 is 19.5 Å². The molecule has 0 fully saturated rings. The molecule has 1 N–H and O–H groups in total. The second kappa shape index (κ2) is 9.64. The van der Waals surface area contributed by atoms with Crippen molar-refractivity contribution in [2.75, 3.05) is 40.5 Å². The van der Waals surface area contributed by atoms with E-state index in [0.29, 0.717) is 29.7 Å². The van der Waals surface area contributed by atoms with Crippen LogP contribution in [0, 0.1) is 0 Å². The van der Waals surface area contributed by atoms with Gasteiger partial charge in [0.1, 0.15) is 0 Å². The lowest BCUT2D eigenvalue weighted by Crippen LogP contribution is -2.18. The van der Waals surface area contributed by atoms with E-state index in [9.17, 15) is 0 Å². The first-order valence-electron chi connectivity index (χ1n) is 6.59. The summed E-state index contributed by atoms with van der Waals surface area (Å²) in [5.41, 5.74) is 0.979. The summed E-state index contributed by atoms with van der Waals surface area (Å²) in [6.07, 6.45) is 4.02. The molecule has 5 heteroatoms. The van der Waals surface area contributed by atoms with Crippen molar-refractivity contribution >= 4 is 17.7 Å². The van der Waals surface area contributed by atoms with Gasteiger partial charge in [0, 0.05) is 20.2 Å². The molecule has 1 rings (SSSR count). The van der Waals surface area contributed by atoms with Crippen LogP contribution in [0.25, 0.3) is 6.08 Å². The molecule has 112 valence electrons. The number of ether oxygens (including phenoxy) is 3. The summed E-state index contributed by atoms with van der Waals surface area (Å²) in [6.45, 7) is 4.80. The molecule has 0 atom stereocenters. The van der Waals surface area contributed by atoms with Crippen LogP contribution in [-0.2, 0) is 4.74 Å². The molecule has 0 spiro atoms. The minimum Gasteiger partial charge on any atom is -0.491 e. The van der Waals surface area contributed by atoms with E-state index in [1.54, 1.807) is 14.2 Å². The molecule has 0 saturated carbocycles. The van der Waals surface area contributed by atoms with E-state index >= 15 is 0 Å². The molecule has 0 amide bonds. The lowest BCUT2D eigenvalue weighted by Gasteiger charge is -2.11. The second-order valence-electron chi connectivity index (χ2n) is 4.07. The van der Waals surface area contributed by atoms with Gasteiger partial charge in [0.2, 0.25) is 0 Å². The van der Waals surface area contributed by atoms with Gasteiger partial charge >= 0.3 is 0 Å². The maximum Gasteiger partial charge on any atom is 0.179 e. The molecule has 0 aliphatic carbocycles. The van der Waals surface area contributed by atoms with Crippen LogP contribution in [0.3, 0.4) is 0 Å².